The highest BCUT2D eigenvalue weighted by atomic mass is 33.5. The van der Waals surface area contributed by atoms with E-state index in [9.17, 15) is 0 Å². The van der Waals surface area contributed by atoms with E-state index in [0.717, 1.165) is 0 Å². The molecule has 0 rings (SSSR count). The molecule has 0 aromatic carbocycles. The molecule has 0 aromatic heterocycles. The number of hydrogen-bond donors (Lipinski definition) is 1. The molecule has 0 fully saturated rings. The van der Waals surface area contributed by atoms with Crippen LogP contribution in [0.4, 0.5) is 0 Å². The van der Waals surface area contributed by atoms with Crippen LogP contribution in [0.3, 0.4) is 0 Å². The van der Waals surface area contributed by atoms with Crippen LogP contribution in [0.5, 0.6) is 0 Å². The van der Waals surface area contributed by atoms with E-state index in [4.69, 9.17) is 0 Å². The maximum absolute atomic E-state index is 3.93. The van der Waals surface area contributed by atoms with Gasteiger partial charge in [0.1, 0.15) is 0 Å². The van der Waals surface area contributed by atoms with Crippen molar-refractivity contribution in [1.82, 2.24) is 0 Å². The van der Waals surface area contributed by atoms with Gasteiger partial charge in [0.25, 0.3) is 0 Å². The van der Waals surface area contributed by atoms with E-state index in [1.807, 2.05) is 0 Å². The Hall–Kier alpha value is 1.05. The third-order valence-corrected chi connectivity index (χ3v) is 2.79. The van der Waals surface area contributed by atoms with Gasteiger partial charge in [0, 0.05) is 5.75 Å². The largest absolute Gasteiger partial charge is 0.0997 e. The molecule has 0 unspecified atom stereocenters. The summed E-state index contributed by atoms with van der Waals surface area (Å²) in [6.07, 6.45) is 1.25. The Bertz CT molecular complexity index is 18.0. The van der Waals surface area contributed by atoms with Crippen LogP contribution in [0.2, 0.25) is 0 Å². The summed E-state index contributed by atoms with van der Waals surface area (Å²) in [6, 6.07) is 0. The van der Waals surface area contributed by atoms with Crippen LogP contribution in [0.1, 0.15) is 13.3 Å². The zero-order valence-electron chi connectivity index (χ0n) is 3.68. The van der Waals surface area contributed by atoms with Crippen molar-refractivity contribution in [3.05, 3.63) is 0 Å². The van der Waals surface area contributed by atoms with Gasteiger partial charge in [0.2, 0.25) is 0 Å². The summed E-state index contributed by atoms with van der Waals surface area (Å²) in [5.74, 6) is 1.22. The van der Waals surface area contributed by atoms with Crippen molar-refractivity contribution in [3.8, 4) is 0 Å². The first kappa shape index (κ1) is 7.05. The van der Waals surface area contributed by atoms with Crippen molar-refractivity contribution in [2.45, 2.75) is 13.3 Å². The highest BCUT2D eigenvalue weighted by Crippen LogP contribution is 2.24. The molecular weight excluding hydrogens is 132 g/mol. The summed E-state index contributed by atoms with van der Waals surface area (Å²) >= 11 is 3.93. The van der Waals surface area contributed by atoms with E-state index in [1.54, 1.807) is 10.8 Å². The van der Waals surface area contributed by atoms with Gasteiger partial charge in [-0.15, -0.1) is 0 Å². The fraction of sp³-hybridized carbons (Fsp3) is 1.00. The summed E-state index contributed by atoms with van der Waals surface area (Å²) in [6.45, 7) is 2.16. The molecular formula is C3H8S3. The van der Waals surface area contributed by atoms with Crippen LogP contribution in [0, 0.1) is 0 Å². The van der Waals surface area contributed by atoms with Gasteiger partial charge in [-0.1, -0.05) is 29.4 Å². The minimum absolute atomic E-state index is 1.22. The predicted molar refractivity (Wildman–Crippen MR) is 39.3 cm³/mol. The molecule has 3 heteroatoms. The summed E-state index contributed by atoms with van der Waals surface area (Å²) in [7, 11) is 3.33. The molecule has 0 aliphatic rings. The van der Waals surface area contributed by atoms with Crippen molar-refractivity contribution in [2.24, 2.45) is 0 Å². The van der Waals surface area contributed by atoms with Gasteiger partial charge < -0.3 is 0 Å². The molecule has 0 atom stereocenters. The van der Waals surface area contributed by atoms with Crippen LogP contribution in [0.15, 0.2) is 0 Å². The molecule has 0 aromatic rings. The molecule has 0 spiro atoms. The highest BCUT2D eigenvalue weighted by Gasteiger charge is 1.76. The molecule has 0 amide bonds. The first-order valence-corrected chi connectivity index (χ1v) is 5.22. The van der Waals surface area contributed by atoms with Gasteiger partial charge in [-0.3, -0.25) is 0 Å². The minimum atomic E-state index is 1.22. The Morgan fingerprint density at radius 2 is 2.33 bits per heavy atom. The molecule has 38 valence electrons. The lowest BCUT2D eigenvalue weighted by Crippen LogP contribution is -1.62. The minimum Gasteiger partial charge on any atom is -0.0997 e. The average Bonchev–Trinajstić information content (AvgIpc) is 1.61. The topological polar surface area (TPSA) is 0 Å². The number of hydrogen-bond acceptors (Lipinski definition) is 3. The van der Waals surface area contributed by atoms with Crippen LogP contribution in [-0.2, 0) is 0 Å². The third kappa shape index (κ3) is 5.05. The maximum Gasteiger partial charge on any atom is 0.00424 e. The van der Waals surface area contributed by atoms with E-state index in [-0.39, 0.29) is 0 Å². The quantitative estimate of drug-likeness (QED) is 0.363. The van der Waals surface area contributed by atoms with Gasteiger partial charge in [-0.25, -0.2) is 0 Å². The fourth-order valence-electron chi connectivity index (χ4n) is 0.121. The molecule has 0 N–H and O–H groups in total. The molecule has 0 heterocycles. The first-order chi connectivity index (χ1) is 2.91. The first-order valence-electron chi connectivity index (χ1n) is 1.85. The Kier molecular flexibility index (Phi) is 7.11. The van der Waals surface area contributed by atoms with Gasteiger partial charge >= 0.3 is 0 Å². The molecule has 0 saturated heterocycles. The normalized spacial score (nSPS) is 9.00. The number of rotatable bonds is 3. The SMILES string of the molecule is CCCSSS. The third-order valence-electron chi connectivity index (χ3n) is 0.340. The Morgan fingerprint density at radius 3 is 2.50 bits per heavy atom. The average molecular weight is 140 g/mol. The second-order valence-electron chi connectivity index (χ2n) is 0.897. The van der Waals surface area contributed by atoms with Gasteiger partial charge in [-0.2, -0.15) is 0 Å². The summed E-state index contributed by atoms with van der Waals surface area (Å²) < 4.78 is 0. The lowest BCUT2D eigenvalue weighted by Gasteiger charge is -1.84. The Balaban J connectivity index is 2.34. The fourth-order valence-corrected chi connectivity index (χ4v) is 1.76. The van der Waals surface area contributed by atoms with E-state index >= 15 is 0 Å². The highest BCUT2D eigenvalue weighted by molar-refractivity contribution is 9.05. The van der Waals surface area contributed by atoms with Gasteiger partial charge in [0.15, 0.2) is 0 Å². The maximum atomic E-state index is 3.93. The summed E-state index contributed by atoms with van der Waals surface area (Å²) in [4.78, 5) is 0. The lowest BCUT2D eigenvalue weighted by molar-refractivity contribution is 1.11. The molecule has 0 saturated carbocycles. The van der Waals surface area contributed by atoms with Crippen LogP contribution in [-0.4, -0.2) is 5.75 Å². The molecule has 6 heavy (non-hydrogen) atoms. The number of thiol groups is 1. The smallest absolute Gasteiger partial charge is 0.00424 e. The summed E-state index contributed by atoms with van der Waals surface area (Å²) in [5.41, 5.74) is 0. The second-order valence-corrected chi connectivity index (χ2v) is 4.19. The second kappa shape index (κ2) is 6.05. The Morgan fingerprint density at radius 1 is 1.67 bits per heavy atom. The van der Waals surface area contributed by atoms with Crippen molar-refractivity contribution in [2.75, 3.05) is 5.75 Å². The molecule has 0 radical (unpaired) electrons. The van der Waals surface area contributed by atoms with Crippen molar-refractivity contribution in [1.29, 1.82) is 0 Å². The van der Waals surface area contributed by atoms with E-state index in [1.165, 1.54) is 22.0 Å². The summed E-state index contributed by atoms with van der Waals surface area (Å²) in [5, 5.41) is 0. The van der Waals surface area contributed by atoms with E-state index in [2.05, 4.69) is 18.6 Å². The van der Waals surface area contributed by atoms with Crippen molar-refractivity contribution < 1.29 is 0 Å². The Labute approximate surface area is 51.7 Å². The van der Waals surface area contributed by atoms with Crippen LogP contribution >= 0.6 is 32.3 Å². The van der Waals surface area contributed by atoms with E-state index < -0.39 is 0 Å². The van der Waals surface area contributed by atoms with Crippen molar-refractivity contribution >= 4 is 32.3 Å². The van der Waals surface area contributed by atoms with Gasteiger partial charge in [-0.05, 0) is 16.2 Å². The zero-order chi connectivity index (χ0) is 4.83. The molecule has 0 nitrogen and oxygen atoms in total. The monoisotopic (exact) mass is 140 g/mol. The molecule has 0 aliphatic heterocycles. The van der Waals surface area contributed by atoms with E-state index in [0.29, 0.717) is 0 Å². The lowest BCUT2D eigenvalue weighted by atomic mass is 10.6. The standard InChI is InChI=1S/C3H8S3/c1-2-3-5-6-4/h4H,2-3H2,1H3. The molecule has 0 aliphatic carbocycles. The molecule has 0 bridgehead atoms. The van der Waals surface area contributed by atoms with Crippen LogP contribution < -0.4 is 0 Å². The predicted octanol–water partition coefficient (Wildman–Crippen LogP) is 2.62. The zero-order valence-corrected chi connectivity index (χ0v) is 6.21. The van der Waals surface area contributed by atoms with Gasteiger partial charge in [0.05, 0.1) is 0 Å². The van der Waals surface area contributed by atoms with Crippen molar-refractivity contribution in [3.63, 3.8) is 0 Å². The van der Waals surface area contributed by atoms with Crippen LogP contribution in [0.25, 0.3) is 0 Å².